The zero-order valence-electron chi connectivity index (χ0n) is 20.2. The van der Waals surface area contributed by atoms with Crippen LogP contribution >= 0.6 is 0 Å². The number of likely N-dealkylation sites (tertiary alicyclic amines) is 1. The highest BCUT2D eigenvalue weighted by molar-refractivity contribution is 5.87. The second kappa shape index (κ2) is 10.6. The molecule has 2 aliphatic heterocycles. The van der Waals surface area contributed by atoms with Crippen LogP contribution in [0.25, 0.3) is 11.2 Å². The van der Waals surface area contributed by atoms with Crippen molar-refractivity contribution in [2.45, 2.75) is 18.9 Å². The fourth-order valence-electron chi connectivity index (χ4n) is 4.99. The second-order valence-electron chi connectivity index (χ2n) is 9.18. The summed E-state index contributed by atoms with van der Waals surface area (Å²) in [6.07, 6.45) is 6.54. The first kappa shape index (κ1) is 24.1. The van der Waals surface area contributed by atoms with E-state index in [0.29, 0.717) is 54.7 Å². The first-order chi connectivity index (χ1) is 17.6. The van der Waals surface area contributed by atoms with Gasteiger partial charge in [-0.15, -0.1) is 0 Å². The van der Waals surface area contributed by atoms with Crippen LogP contribution in [0.3, 0.4) is 0 Å². The molecule has 190 valence electrons. The molecular weight excluding hydrogens is 463 g/mol. The second-order valence-corrected chi connectivity index (χ2v) is 9.18. The Kier molecular flexibility index (Phi) is 7.10. The Balaban J connectivity index is 1.30. The van der Waals surface area contributed by atoms with E-state index in [1.807, 2.05) is 15.5 Å². The number of benzene rings is 1. The molecule has 3 aromatic rings. The molecule has 11 heteroatoms. The van der Waals surface area contributed by atoms with E-state index in [1.54, 1.807) is 23.5 Å². The number of aliphatic hydroxyl groups excluding tert-OH is 1. The van der Waals surface area contributed by atoms with E-state index in [4.69, 9.17) is 5.11 Å². The molecule has 0 bridgehead atoms. The van der Waals surface area contributed by atoms with E-state index in [1.165, 1.54) is 12.1 Å². The summed E-state index contributed by atoms with van der Waals surface area (Å²) < 4.78 is 17.0. The number of rotatable bonds is 7. The van der Waals surface area contributed by atoms with Crippen LogP contribution in [0.15, 0.2) is 43.4 Å². The highest BCUT2D eigenvalue weighted by Gasteiger charge is 2.25. The summed E-state index contributed by atoms with van der Waals surface area (Å²) in [7, 11) is 0. The SMILES string of the molecule is C=CC(=O)N1CCCC(n2cnc3cnc(Nc4ccc(N5CCN(CCO)CC5)c(F)c4)nc32)C1. The van der Waals surface area contributed by atoms with E-state index in [-0.39, 0.29) is 24.4 Å². The van der Waals surface area contributed by atoms with Gasteiger partial charge in [-0.2, -0.15) is 4.98 Å². The molecular formula is C25H31FN8O2. The summed E-state index contributed by atoms with van der Waals surface area (Å²) in [5.41, 5.74) is 2.45. The van der Waals surface area contributed by atoms with Gasteiger partial charge in [-0.3, -0.25) is 9.69 Å². The number of aromatic nitrogens is 4. The first-order valence-electron chi connectivity index (χ1n) is 12.3. The molecule has 2 saturated heterocycles. The summed E-state index contributed by atoms with van der Waals surface area (Å²) >= 11 is 0. The van der Waals surface area contributed by atoms with Gasteiger partial charge < -0.3 is 24.8 Å². The van der Waals surface area contributed by atoms with Crippen molar-refractivity contribution >= 4 is 34.4 Å². The summed E-state index contributed by atoms with van der Waals surface area (Å²) in [6, 6.07) is 5.11. The Morgan fingerprint density at radius 2 is 2.06 bits per heavy atom. The highest BCUT2D eigenvalue weighted by Crippen LogP contribution is 2.28. The quantitative estimate of drug-likeness (QED) is 0.482. The molecule has 0 aliphatic carbocycles. The van der Waals surface area contributed by atoms with Gasteiger partial charge in [0.25, 0.3) is 0 Å². The Hall–Kier alpha value is -3.57. The Labute approximate surface area is 209 Å². The molecule has 1 unspecified atom stereocenters. The van der Waals surface area contributed by atoms with Gasteiger partial charge in [0, 0.05) is 51.5 Å². The minimum absolute atomic E-state index is 0.0602. The smallest absolute Gasteiger partial charge is 0.246 e. The summed E-state index contributed by atoms with van der Waals surface area (Å²) in [5, 5.41) is 12.2. The molecule has 36 heavy (non-hydrogen) atoms. The topological polar surface area (TPSA) is 103 Å². The molecule has 1 atom stereocenters. The summed E-state index contributed by atoms with van der Waals surface area (Å²) in [4.78, 5) is 31.5. The lowest BCUT2D eigenvalue weighted by Crippen LogP contribution is -2.47. The molecule has 5 rings (SSSR count). The van der Waals surface area contributed by atoms with E-state index < -0.39 is 0 Å². The molecule has 1 aromatic carbocycles. The van der Waals surface area contributed by atoms with Crippen molar-refractivity contribution in [3.05, 3.63) is 49.2 Å². The van der Waals surface area contributed by atoms with Gasteiger partial charge in [-0.05, 0) is 37.1 Å². The molecule has 4 heterocycles. The van der Waals surface area contributed by atoms with Gasteiger partial charge in [0.05, 0.1) is 30.9 Å². The summed E-state index contributed by atoms with van der Waals surface area (Å²) in [5.74, 6) is -0.0293. The van der Waals surface area contributed by atoms with Crippen molar-refractivity contribution in [3.8, 4) is 0 Å². The lowest BCUT2D eigenvalue weighted by molar-refractivity contribution is -0.127. The number of imidazole rings is 1. The average molecular weight is 495 g/mol. The minimum Gasteiger partial charge on any atom is -0.395 e. The van der Waals surface area contributed by atoms with Crippen molar-refractivity contribution < 1.29 is 14.3 Å². The Morgan fingerprint density at radius 1 is 1.22 bits per heavy atom. The van der Waals surface area contributed by atoms with E-state index in [0.717, 1.165) is 32.5 Å². The number of β-amino-alcohol motifs (C(OH)–C–C–N with tert-alkyl or cyclic N) is 1. The van der Waals surface area contributed by atoms with Gasteiger partial charge >= 0.3 is 0 Å². The van der Waals surface area contributed by atoms with Gasteiger partial charge in [0.15, 0.2) is 5.65 Å². The molecule has 2 aromatic heterocycles. The number of piperidine rings is 1. The van der Waals surface area contributed by atoms with Crippen LogP contribution in [-0.2, 0) is 4.79 Å². The molecule has 2 N–H and O–H groups in total. The van der Waals surface area contributed by atoms with Gasteiger partial charge in [0.1, 0.15) is 11.3 Å². The number of fused-ring (bicyclic) bond motifs is 1. The largest absolute Gasteiger partial charge is 0.395 e. The maximum atomic E-state index is 15.0. The van der Waals surface area contributed by atoms with Crippen molar-refractivity contribution in [1.82, 2.24) is 29.3 Å². The molecule has 10 nitrogen and oxygen atoms in total. The standard InChI is InChI=1S/C25H31FN8O2/c1-2-23(36)33-7-3-4-19(16-33)34-17-28-21-15-27-25(30-24(21)34)29-18-5-6-22(20(26)14-18)32-10-8-31(9-11-32)12-13-35/h2,5-6,14-15,17,19,35H,1,3-4,7-13,16H2,(H,27,29,30). The van der Waals surface area contributed by atoms with Crippen LogP contribution in [0.1, 0.15) is 18.9 Å². The van der Waals surface area contributed by atoms with Crippen LogP contribution in [0.2, 0.25) is 0 Å². The molecule has 1 amide bonds. The van der Waals surface area contributed by atoms with Crippen molar-refractivity contribution in [1.29, 1.82) is 0 Å². The van der Waals surface area contributed by atoms with Gasteiger partial charge in [-0.25, -0.2) is 14.4 Å². The van der Waals surface area contributed by atoms with Crippen LogP contribution in [-0.4, -0.2) is 92.8 Å². The van der Waals surface area contributed by atoms with Crippen LogP contribution in [0.4, 0.5) is 21.7 Å². The van der Waals surface area contributed by atoms with Crippen molar-refractivity contribution in [3.63, 3.8) is 0 Å². The molecule has 2 aliphatic rings. The van der Waals surface area contributed by atoms with Crippen LogP contribution < -0.4 is 10.2 Å². The number of anilines is 3. The highest BCUT2D eigenvalue weighted by atomic mass is 19.1. The van der Waals surface area contributed by atoms with E-state index >= 15 is 0 Å². The molecule has 0 saturated carbocycles. The monoisotopic (exact) mass is 494 g/mol. The number of nitrogens with zero attached hydrogens (tertiary/aromatic N) is 7. The number of hydrogen-bond donors (Lipinski definition) is 2. The third-order valence-electron chi connectivity index (χ3n) is 6.93. The fourth-order valence-corrected chi connectivity index (χ4v) is 4.99. The predicted octanol–water partition coefficient (Wildman–Crippen LogP) is 2.17. The number of aliphatic hydroxyl groups is 1. The number of piperazine rings is 1. The predicted molar refractivity (Wildman–Crippen MR) is 136 cm³/mol. The maximum absolute atomic E-state index is 15.0. The zero-order chi connectivity index (χ0) is 25.1. The molecule has 0 radical (unpaired) electrons. The van der Waals surface area contributed by atoms with Crippen molar-refractivity contribution in [2.24, 2.45) is 0 Å². The number of nitrogens with one attached hydrogen (secondary N) is 1. The normalized spacial score (nSPS) is 19.0. The number of halogens is 1. The van der Waals surface area contributed by atoms with E-state index in [2.05, 4.69) is 31.7 Å². The average Bonchev–Trinajstić information content (AvgIpc) is 3.32. The Bertz CT molecular complexity index is 1240. The van der Waals surface area contributed by atoms with Gasteiger partial charge in [-0.1, -0.05) is 6.58 Å². The van der Waals surface area contributed by atoms with Crippen LogP contribution in [0, 0.1) is 5.82 Å². The van der Waals surface area contributed by atoms with E-state index in [9.17, 15) is 9.18 Å². The Morgan fingerprint density at radius 3 is 2.81 bits per heavy atom. The van der Waals surface area contributed by atoms with Crippen molar-refractivity contribution in [2.75, 3.05) is 62.6 Å². The van der Waals surface area contributed by atoms with Gasteiger partial charge in [0.2, 0.25) is 11.9 Å². The zero-order valence-corrected chi connectivity index (χ0v) is 20.2. The number of hydrogen-bond acceptors (Lipinski definition) is 8. The number of carbonyl (C=O) groups is 1. The number of amides is 1. The third kappa shape index (κ3) is 5.02. The number of carbonyl (C=O) groups excluding carboxylic acids is 1. The molecule has 0 spiro atoms. The molecule has 2 fully saturated rings. The maximum Gasteiger partial charge on any atom is 0.246 e. The fraction of sp³-hybridized carbons (Fsp3) is 0.440. The van der Waals surface area contributed by atoms with Crippen LogP contribution in [0.5, 0.6) is 0 Å². The first-order valence-corrected chi connectivity index (χ1v) is 12.3. The summed E-state index contributed by atoms with van der Waals surface area (Å²) in [6.45, 7) is 8.68. The third-order valence-corrected chi connectivity index (χ3v) is 6.93. The lowest BCUT2D eigenvalue weighted by Gasteiger charge is -2.36. The minimum atomic E-state index is -0.309. The lowest BCUT2D eigenvalue weighted by atomic mass is 10.1.